The fourth-order valence-corrected chi connectivity index (χ4v) is 3.90. The first kappa shape index (κ1) is 21.8. The molecule has 30 heavy (non-hydrogen) atoms. The average Bonchev–Trinajstić information content (AvgIpc) is 3.12. The van der Waals surface area contributed by atoms with E-state index in [4.69, 9.17) is 16.2 Å². The highest BCUT2D eigenvalue weighted by Gasteiger charge is 2.58. The Morgan fingerprint density at radius 1 is 1.17 bits per heavy atom. The summed E-state index contributed by atoms with van der Waals surface area (Å²) >= 11 is 0. The van der Waals surface area contributed by atoms with Crippen molar-refractivity contribution in [2.24, 2.45) is 21.5 Å². The summed E-state index contributed by atoms with van der Waals surface area (Å²) in [4.78, 5) is 22.2. The Balaban J connectivity index is 1.95. The van der Waals surface area contributed by atoms with Crippen LogP contribution in [0.15, 0.2) is 40.3 Å². The third kappa shape index (κ3) is 3.65. The summed E-state index contributed by atoms with van der Waals surface area (Å²) in [6.07, 6.45) is -1.23. The quantitative estimate of drug-likeness (QED) is 0.206. The number of ether oxygens (including phenoxy) is 1. The van der Waals surface area contributed by atoms with E-state index >= 15 is 0 Å². The third-order valence-electron chi connectivity index (χ3n) is 5.28. The van der Waals surface area contributed by atoms with Crippen LogP contribution in [0, 0.1) is 0 Å². The van der Waals surface area contributed by atoms with Crippen molar-refractivity contribution in [1.29, 1.82) is 0 Å². The van der Waals surface area contributed by atoms with Gasteiger partial charge in [0.25, 0.3) is 0 Å². The molecule has 0 radical (unpaired) electrons. The highest BCUT2D eigenvalue weighted by Crippen LogP contribution is 2.34. The zero-order chi connectivity index (χ0) is 21.9. The van der Waals surface area contributed by atoms with E-state index in [-0.39, 0.29) is 17.5 Å². The van der Waals surface area contributed by atoms with Crippen LogP contribution in [-0.4, -0.2) is 99.5 Å². The van der Waals surface area contributed by atoms with Crippen LogP contribution in [0.3, 0.4) is 0 Å². The summed E-state index contributed by atoms with van der Waals surface area (Å²) in [6, 6.07) is 5.42. The number of aliphatic hydroxyl groups excluding tert-OH is 4. The normalized spacial score (nSPS) is 27.4. The lowest BCUT2D eigenvalue weighted by Crippen LogP contribution is -2.77. The molecule has 12 heteroatoms. The first-order valence-corrected chi connectivity index (χ1v) is 9.35. The number of esters is 1. The molecule has 0 spiro atoms. The number of hydrogen-bond donors (Lipinski definition) is 7. The molecular weight excluding hydrogens is 396 g/mol. The molecule has 0 saturated heterocycles. The molecule has 1 aromatic carbocycles. The van der Waals surface area contributed by atoms with Crippen LogP contribution >= 0.6 is 0 Å². The van der Waals surface area contributed by atoms with Crippen LogP contribution in [0.1, 0.15) is 10.4 Å². The van der Waals surface area contributed by atoms with Gasteiger partial charge in [-0.1, -0.05) is 18.2 Å². The van der Waals surface area contributed by atoms with Gasteiger partial charge in [-0.05, 0) is 12.1 Å². The summed E-state index contributed by atoms with van der Waals surface area (Å²) in [7, 11) is 0. The minimum atomic E-state index is -1.46. The zero-order valence-electron chi connectivity index (χ0n) is 16.1. The number of benzene rings is 1. The van der Waals surface area contributed by atoms with Gasteiger partial charge in [-0.25, -0.2) is 14.8 Å². The van der Waals surface area contributed by atoms with E-state index in [1.807, 2.05) is 0 Å². The van der Waals surface area contributed by atoms with Crippen molar-refractivity contribution >= 4 is 17.9 Å². The van der Waals surface area contributed by atoms with E-state index in [9.17, 15) is 25.2 Å². The van der Waals surface area contributed by atoms with Gasteiger partial charge >= 0.3 is 5.97 Å². The summed E-state index contributed by atoms with van der Waals surface area (Å²) in [5, 5.41) is 42.8. The number of guanidine groups is 2. The molecule has 0 aliphatic carbocycles. The lowest BCUT2D eigenvalue weighted by Gasteiger charge is -2.51. The van der Waals surface area contributed by atoms with Crippen molar-refractivity contribution in [2.45, 2.75) is 29.9 Å². The molecule has 3 unspecified atom stereocenters. The summed E-state index contributed by atoms with van der Waals surface area (Å²) in [5.74, 6) is -0.871. The number of hydrogen-bond acceptors (Lipinski definition) is 12. The molecule has 0 bridgehead atoms. The van der Waals surface area contributed by atoms with Crippen LogP contribution in [0.4, 0.5) is 0 Å². The van der Waals surface area contributed by atoms with Gasteiger partial charge in [0.2, 0.25) is 0 Å². The second kappa shape index (κ2) is 8.83. The average molecular weight is 422 g/mol. The SMILES string of the molecule is NC1=NC2[C@H](CO)N=C(N)N(C(CO)[C@@H](CO)OC(=O)c3ccccc3)C2(CO)N1. The number of carbonyl (C=O) groups excluding carboxylic acids is 1. The molecule has 0 amide bonds. The van der Waals surface area contributed by atoms with E-state index in [0.717, 1.165) is 0 Å². The third-order valence-corrected chi connectivity index (χ3v) is 5.28. The molecule has 2 heterocycles. The Morgan fingerprint density at radius 3 is 2.43 bits per heavy atom. The van der Waals surface area contributed by atoms with Crippen molar-refractivity contribution in [3.63, 3.8) is 0 Å². The predicted octanol–water partition coefficient (Wildman–Crippen LogP) is -3.47. The molecule has 9 N–H and O–H groups in total. The van der Waals surface area contributed by atoms with Crippen molar-refractivity contribution in [1.82, 2.24) is 10.2 Å². The Kier molecular flexibility index (Phi) is 6.41. The van der Waals surface area contributed by atoms with E-state index in [1.165, 1.54) is 4.90 Å². The fraction of sp³-hybridized carbons (Fsp3) is 0.500. The number of aliphatic hydroxyl groups is 4. The lowest BCUT2D eigenvalue weighted by molar-refractivity contribution is -0.0690. The van der Waals surface area contributed by atoms with Crippen LogP contribution in [0.5, 0.6) is 0 Å². The van der Waals surface area contributed by atoms with Crippen molar-refractivity contribution in [3.8, 4) is 0 Å². The number of nitrogens with zero attached hydrogens (tertiary/aromatic N) is 3. The summed E-state index contributed by atoms with van der Waals surface area (Å²) < 4.78 is 5.43. The summed E-state index contributed by atoms with van der Waals surface area (Å²) in [6.45, 7) is -2.23. The van der Waals surface area contributed by atoms with Crippen molar-refractivity contribution < 1.29 is 30.0 Å². The molecule has 1 aromatic rings. The van der Waals surface area contributed by atoms with Crippen molar-refractivity contribution in [2.75, 3.05) is 26.4 Å². The van der Waals surface area contributed by atoms with Crippen LogP contribution < -0.4 is 16.8 Å². The number of nitrogens with two attached hydrogens (primary N) is 2. The van der Waals surface area contributed by atoms with Gasteiger partial charge < -0.3 is 46.8 Å². The number of fused-ring (bicyclic) bond motifs is 1. The molecular formula is C18H26N6O6. The van der Waals surface area contributed by atoms with Crippen LogP contribution in [0.25, 0.3) is 0 Å². The van der Waals surface area contributed by atoms with E-state index in [2.05, 4.69) is 15.3 Å². The Hall–Kier alpha value is -2.93. The number of nitrogens with one attached hydrogen (secondary N) is 1. The van der Waals surface area contributed by atoms with E-state index in [0.29, 0.717) is 0 Å². The minimum absolute atomic E-state index is 0.0130. The van der Waals surface area contributed by atoms with Gasteiger partial charge in [-0.2, -0.15) is 0 Å². The summed E-state index contributed by atoms with van der Waals surface area (Å²) in [5.41, 5.74) is 10.7. The van der Waals surface area contributed by atoms with Gasteiger partial charge in [-0.15, -0.1) is 0 Å². The van der Waals surface area contributed by atoms with Gasteiger partial charge in [0, 0.05) is 0 Å². The first-order valence-electron chi connectivity index (χ1n) is 9.35. The maximum atomic E-state index is 12.5. The maximum absolute atomic E-state index is 12.5. The van der Waals surface area contributed by atoms with E-state index < -0.39 is 62.3 Å². The predicted molar refractivity (Wildman–Crippen MR) is 106 cm³/mol. The minimum Gasteiger partial charge on any atom is -0.454 e. The largest absolute Gasteiger partial charge is 0.454 e. The molecule has 2 aliphatic rings. The maximum Gasteiger partial charge on any atom is 0.338 e. The van der Waals surface area contributed by atoms with Crippen LogP contribution in [-0.2, 0) is 4.74 Å². The number of carbonyl (C=O) groups is 1. The highest BCUT2D eigenvalue weighted by molar-refractivity contribution is 5.89. The molecule has 3 rings (SSSR count). The van der Waals surface area contributed by atoms with Gasteiger partial charge in [0.15, 0.2) is 17.6 Å². The monoisotopic (exact) mass is 422 g/mol. The second-order valence-electron chi connectivity index (χ2n) is 7.02. The van der Waals surface area contributed by atoms with Gasteiger partial charge in [0.1, 0.15) is 18.2 Å². The topological polar surface area (TPSA) is 199 Å². The standard InChI is InChI=1S/C18H26N6O6/c19-16-22-14-11(6-25)21-17(20)24(18(14,9-28)23-16)12(7-26)13(8-27)30-15(29)10-4-2-1-3-5-10/h1-5,11-14,25-28H,6-9H2,(H2,20,21)(H3,19,22,23)/t11-,12?,13+,14?,18?/m0/s1. The first-order chi connectivity index (χ1) is 14.4. The molecule has 2 aliphatic heterocycles. The van der Waals surface area contributed by atoms with E-state index in [1.54, 1.807) is 30.3 Å². The van der Waals surface area contributed by atoms with Gasteiger partial charge in [-0.3, -0.25) is 0 Å². The molecule has 0 aromatic heterocycles. The fourth-order valence-electron chi connectivity index (χ4n) is 3.90. The zero-order valence-corrected chi connectivity index (χ0v) is 16.1. The Bertz CT molecular complexity index is 821. The Morgan fingerprint density at radius 2 is 1.87 bits per heavy atom. The smallest absolute Gasteiger partial charge is 0.338 e. The molecule has 0 fully saturated rings. The number of rotatable bonds is 8. The molecule has 12 nitrogen and oxygen atoms in total. The highest BCUT2D eigenvalue weighted by atomic mass is 16.6. The van der Waals surface area contributed by atoms with Gasteiger partial charge in [0.05, 0.1) is 38.0 Å². The molecule has 5 atom stereocenters. The molecule has 164 valence electrons. The van der Waals surface area contributed by atoms with Crippen LogP contribution in [0.2, 0.25) is 0 Å². The van der Waals surface area contributed by atoms with Crippen molar-refractivity contribution in [3.05, 3.63) is 35.9 Å². The molecule has 0 saturated carbocycles. The second-order valence-corrected chi connectivity index (χ2v) is 7.02. The number of aliphatic imine (C=N–C) groups is 2. The Labute approximate surface area is 172 Å². The lowest BCUT2D eigenvalue weighted by atomic mass is 9.90.